The van der Waals surface area contributed by atoms with Crippen LogP contribution in [0.3, 0.4) is 0 Å². The minimum absolute atomic E-state index is 0.0233. The first-order valence-corrected chi connectivity index (χ1v) is 24.6. The van der Waals surface area contributed by atoms with E-state index in [1.54, 1.807) is 51.3 Å². The van der Waals surface area contributed by atoms with E-state index in [0.717, 1.165) is 6.92 Å². The number of Topliss-reactive ketones (excluding diaryl/α,β-unsaturated/α-hetero) is 1. The Morgan fingerprint density at radius 1 is 1.09 bits per heavy atom. The molecule has 2 aromatic heterocycles. The molecule has 0 unspecified atom stereocenters. The maximum atomic E-state index is 17.0. The van der Waals surface area contributed by atoms with Crippen molar-refractivity contribution in [2.24, 2.45) is 33.6 Å². The number of cyclic esters (lactones) is 1. The number of ether oxygens (including phenoxy) is 5. The molecule has 0 radical (unpaired) electrons. The molecule has 3 aliphatic heterocycles. The molecule has 2 bridgehead atoms. The van der Waals surface area contributed by atoms with Gasteiger partial charge in [0, 0.05) is 35.4 Å². The van der Waals surface area contributed by atoms with Gasteiger partial charge in [0.05, 0.1) is 48.9 Å². The van der Waals surface area contributed by atoms with Gasteiger partial charge >= 0.3 is 5.97 Å². The molecule has 5 heterocycles. The normalized spacial score (nSPS) is 35.7. The third kappa shape index (κ3) is 13.0. The number of pyridine rings is 1. The average Bonchev–Trinajstić information content (AvgIpc) is 3.78. The molecule has 3 fully saturated rings. The fraction of sp³-hybridized carbons (Fsp3) is 0.708. The number of carbonyl (C=O) groups is 4. The number of aromatic nitrogens is 2. The van der Waals surface area contributed by atoms with Gasteiger partial charge in [-0.3, -0.25) is 14.4 Å². The molecular formula is C48H72FN7O12S. The Labute approximate surface area is 408 Å². The van der Waals surface area contributed by atoms with Crippen molar-refractivity contribution in [1.82, 2.24) is 14.9 Å². The highest BCUT2D eigenvalue weighted by Crippen LogP contribution is 2.41. The fourth-order valence-corrected chi connectivity index (χ4v) is 10.1. The van der Waals surface area contributed by atoms with Gasteiger partial charge in [-0.1, -0.05) is 52.8 Å². The molecule has 5 N–H and O–H groups in total. The molecule has 0 spiro atoms. The first-order chi connectivity index (χ1) is 32.4. The summed E-state index contributed by atoms with van der Waals surface area (Å²) in [5.74, 6) is -6.20. The highest BCUT2D eigenvalue weighted by atomic mass is 32.1. The maximum Gasteiger partial charge on any atom is 0.351 e. The van der Waals surface area contributed by atoms with Crippen molar-refractivity contribution in [3.8, 4) is 10.7 Å². The van der Waals surface area contributed by atoms with Crippen LogP contribution in [-0.4, -0.2) is 153 Å². The van der Waals surface area contributed by atoms with Crippen molar-refractivity contribution in [2.45, 2.75) is 174 Å². The molecule has 5 rings (SSSR count). The lowest BCUT2D eigenvalue weighted by Gasteiger charge is -2.47. The lowest BCUT2D eigenvalue weighted by molar-refractivity contribution is -0.296. The summed E-state index contributed by atoms with van der Waals surface area (Å²) in [5, 5.41) is 33.7. The fourth-order valence-electron chi connectivity index (χ4n) is 9.36. The van der Waals surface area contributed by atoms with Gasteiger partial charge in [0.1, 0.15) is 40.0 Å². The zero-order chi connectivity index (χ0) is 51.2. The summed E-state index contributed by atoms with van der Waals surface area (Å²) in [6, 6.07) is 4.03. The summed E-state index contributed by atoms with van der Waals surface area (Å²) < 4.78 is 49.1. The number of anilines is 1. The first-order valence-electron chi connectivity index (χ1n) is 23.7. The number of carbonyl (C=O) groups excluding carboxylic acids is 4. The number of halogens is 1. The van der Waals surface area contributed by atoms with Gasteiger partial charge in [0.25, 0.3) is 5.67 Å². The number of hydrogen-bond donors (Lipinski definition) is 4. The van der Waals surface area contributed by atoms with Crippen LogP contribution in [0, 0.1) is 17.8 Å². The third-order valence-corrected chi connectivity index (χ3v) is 14.3. The minimum Gasteiger partial charge on any atom is -0.457 e. The van der Waals surface area contributed by atoms with Crippen LogP contribution in [0.1, 0.15) is 107 Å². The monoisotopic (exact) mass is 989 g/mol. The van der Waals surface area contributed by atoms with Crippen molar-refractivity contribution in [1.29, 1.82) is 0 Å². The second kappa shape index (κ2) is 23.4. The summed E-state index contributed by atoms with van der Waals surface area (Å²) in [4.78, 5) is 75.7. The number of thiazole rings is 1. The Hall–Kier alpha value is -4.19. The minimum atomic E-state index is -3.25. The molecule has 19 nitrogen and oxygen atoms in total. The van der Waals surface area contributed by atoms with Gasteiger partial charge in [-0.05, 0) is 85.5 Å². The summed E-state index contributed by atoms with van der Waals surface area (Å²) >= 11 is 1.30. The van der Waals surface area contributed by atoms with Gasteiger partial charge in [-0.25, -0.2) is 24.1 Å². The van der Waals surface area contributed by atoms with E-state index in [-0.39, 0.29) is 50.7 Å². The lowest BCUT2D eigenvalue weighted by Crippen LogP contribution is -2.61. The largest absolute Gasteiger partial charge is 0.457 e. The topological polar surface area (TPSA) is 256 Å². The maximum absolute atomic E-state index is 17.0. The number of aliphatic hydroxyl groups excluding tert-OH is 1. The summed E-state index contributed by atoms with van der Waals surface area (Å²) in [6.45, 7) is 15.0. The average molecular weight is 990 g/mol. The molecule has 21 heteroatoms. The van der Waals surface area contributed by atoms with Crippen LogP contribution in [0.15, 0.2) is 33.7 Å². The van der Waals surface area contributed by atoms with Crippen LogP contribution in [0.25, 0.3) is 10.7 Å². The van der Waals surface area contributed by atoms with Crippen LogP contribution in [0.5, 0.6) is 0 Å². The van der Waals surface area contributed by atoms with Crippen LogP contribution in [0.4, 0.5) is 10.2 Å². The number of aliphatic imine (C=N–C) groups is 1. The van der Waals surface area contributed by atoms with Crippen molar-refractivity contribution in [2.75, 3.05) is 32.6 Å². The zero-order valence-corrected chi connectivity index (χ0v) is 42.7. The van der Waals surface area contributed by atoms with E-state index in [4.69, 9.17) is 34.3 Å². The molecule has 2 amide bonds. The number of aliphatic hydroxyl groups is 2. The number of hydrogen-bond acceptors (Lipinski definition) is 18. The standard InChI is InChI=1S/C48H72FN7O12S/c1-13-31(50)42(60)53-35-18-16-17-32(52-35)43-51-30(24-69-43)23-65-55-29-21-63-41-27(6)37(54-36(57)15-3)25(4)20-46(8,64-22-29)40(68-44-38(58)33(56(11)12)19-26(5)66-44)28(7)39(59)47(9,49)45(61)67-34(14-2)48(41,10)62/h16-18,24-28,31,33-34,38,40-41,44,58,62H,13-15,19-23,50H2,1-12H3,(H,52,53,60)/b54-37+,55-29+/t25-,26-,27+,28+,31+,33+,34-,38-,40-,41-,44+,46-,47+,48-/m1/s1. The third-order valence-electron chi connectivity index (χ3n) is 13.4. The van der Waals surface area contributed by atoms with E-state index in [1.165, 1.54) is 25.2 Å². The Morgan fingerprint density at radius 3 is 2.45 bits per heavy atom. The van der Waals surface area contributed by atoms with E-state index >= 15 is 4.39 Å². The number of fused-ring (bicyclic) bond motifs is 5. The van der Waals surface area contributed by atoms with E-state index in [1.807, 2.05) is 39.8 Å². The number of oxime groups is 1. The van der Waals surface area contributed by atoms with Gasteiger partial charge in [-0.2, -0.15) is 0 Å². The second-order valence-electron chi connectivity index (χ2n) is 19.3. The summed E-state index contributed by atoms with van der Waals surface area (Å²) in [5.41, 5.74) is 0.420. The van der Waals surface area contributed by atoms with E-state index in [9.17, 15) is 29.4 Å². The van der Waals surface area contributed by atoms with Crippen LogP contribution in [0.2, 0.25) is 0 Å². The SMILES string of the molecule is CCC(=O)/N=C1\[C@H](C)C[C@@]2(C)OC/C(=N/OCc3csc(-c4cccc(NC(=O)[C@@H](N)CC)n4)n3)CO[C@H]([C@H]1C)[C@](C)(O)[C@@H](CC)OC(=O)[C@@](C)(F)C(=O)[C@H](C)[C@H]2O[C@@H]1O[C@H](C)C[C@H](N(C)C)[C@H]1O. The Bertz CT molecular complexity index is 2190. The van der Waals surface area contributed by atoms with Crippen LogP contribution in [-0.2, 0) is 54.3 Å². The highest BCUT2D eigenvalue weighted by Gasteiger charge is 2.57. The lowest BCUT2D eigenvalue weighted by atomic mass is 9.73. The highest BCUT2D eigenvalue weighted by molar-refractivity contribution is 7.13. The first kappa shape index (κ1) is 55.7. The second-order valence-corrected chi connectivity index (χ2v) is 20.2. The van der Waals surface area contributed by atoms with E-state index in [2.05, 4.69) is 25.4 Å². The number of esters is 1. The predicted molar refractivity (Wildman–Crippen MR) is 256 cm³/mol. The molecule has 3 saturated heterocycles. The van der Waals surface area contributed by atoms with E-state index < -0.39 is 101 Å². The zero-order valence-electron chi connectivity index (χ0n) is 41.9. The van der Waals surface area contributed by atoms with Gasteiger partial charge < -0.3 is 54.7 Å². The Morgan fingerprint density at radius 2 is 1.80 bits per heavy atom. The molecule has 0 aliphatic carbocycles. The number of amides is 2. The molecule has 2 aromatic rings. The molecule has 384 valence electrons. The van der Waals surface area contributed by atoms with Gasteiger partial charge in [-0.15, -0.1) is 11.3 Å². The van der Waals surface area contributed by atoms with Crippen LogP contribution >= 0.6 is 11.3 Å². The van der Waals surface area contributed by atoms with Crippen molar-refractivity contribution in [3.05, 3.63) is 29.3 Å². The van der Waals surface area contributed by atoms with Gasteiger partial charge in [0.2, 0.25) is 11.8 Å². The van der Waals surface area contributed by atoms with E-state index in [0.29, 0.717) is 40.8 Å². The van der Waals surface area contributed by atoms with Crippen LogP contribution < -0.4 is 11.1 Å². The number of likely N-dealkylation sites (N-methyl/N-ethyl adjacent to an activating group) is 1. The Balaban J connectivity index is 1.61. The smallest absolute Gasteiger partial charge is 0.351 e. The number of nitrogens with one attached hydrogen (secondary N) is 1. The van der Waals surface area contributed by atoms with Crippen molar-refractivity contribution >= 4 is 52.1 Å². The number of rotatable bonds is 12. The molecule has 14 atom stereocenters. The predicted octanol–water partition coefficient (Wildman–Crippen LogP) is 4.80. The van der Waals surface area contributed by atoms with Crippen molar-refractivity contribution in [3.63, 3.8) is 0 Å². The number of nitrogens with two attached hydrogens (primary N) is 1. The van der Waals surface area contributed by atoms with Crippen molar-refractivity contribution < 1.29 is 62.3 Å². The number of alkyl halides is 1. The Kier molecular flexibility index (Phi) is 18.9. The molecule has 0 aromatic carbocycles. The molecule has 69 heavy (non-hydrogen) atoms. The molecular weight excluding hydrogens is 918 g/mol. The number of nitrogens with zero attached hydrogens (tertiary/aromatic N) is 5. The number of ketones is 1. The quantitative estimate of drug-likeness (QED) is 0.127. The molecule has 3 aliphatic rings. The summed E-state index contributed by atoms with van der Waals surface area (Å²) in [6.07, 6.45) is -6.21. The molecule has 0 saturated carbocycles. The van der Waals surface area contributed by atoms with Gasteiger partial charge in [0.15, 0.2) is 18.7 Å². The summed E-state index contributed by atoms with van der Waals surface area (Å²) in [7, 11) is 3.62.